The first-order valence-corrected chi connectivity index (χ1v) is 10.4. The van der Waals surface area contributed by atoms with Gasteiger partial charge in [-0.25, -0.2) is 0 Å². The number of para-hydroxylation sites is 1. The number of non-ortho nitro benzene ring substituents is 1. The number of fused-ring (bicyclic) bond motifs is 2. The number of likely N-dealkylation sites (N-methyl/N-ethyl adjacent to an activating group) is 1. The SMILES string of the molecule is CN1C[C@H](c2ccc([N+](=O)[O-])cc2)[C@@H](C(=O)c2ccccc2)[C@]12C(=O)Nc1ccccc12. The Labute approximate surface area is 184 Å². The first-order chi connectivity index (χ1) is 15.4. The maximum Gasteiger partial charge on any atom is 0.269 e. The van der Waals surface area contributed by atoms with Gasteiger partial charge in [0.05, 0.1) is 10.8 Å². The van der Waals surface area contributed by atoms with Crippen molar-refractivity contribution in [2.75, 3.05) is 18.9 Å². The number of nitro benzene ring substituents is 1. The maximum atomic E-state index is 14.0. The molecule has 1 N–H and O–H groups in total. The van der Waals surface area contributed by atoms with Gasteiger partial charge in [-0.2, -0.15) is 0 Å². The Balaban J connectivity index is 1.70. The van der Waals surface area contributed by atoms with Gasteiger partial charge in [0, 0.05) is 41.4 Å². The van der Waals surface area contributed by atoms with Crippen molar-refractivity contribution < 1.29 is 14.5 Å². The van der Waals surface area contributed by atoms with E-state index in [4.69, 9.17) is 0 Å². The molecule has 3 atom stereocenters. The van der Waals surface area contributed by atoms with Crippen LogP contribution in [0.1, 0.15) is 27.4 Å². The Bertz CT molecular complexity index is 1230. The predicted molar refractivity (Wildman–Crippen MR) is 119 cm³/mol. The number of nitro groups is 1. The number of rotatable bonds is 4. The average molecular weight is 427 g/mol. The number of carbonyl (C=O) groups is 2. The molecular weight excluding hydrogens is 406 g/mol. The van der Waals surface area contributed by atoms with Crippen LogP contribution in [0.2, 0.25) is 0 Å². The minimum Gasteiger partial charge on any atom is -0.324 e. The summed E-state index contributed by atoms with van der Waals surface area (Å²) in [5.74, 6) is -1.35. The quantitative estimate of drug-likeness (QED) is 0.386. The van der Waals surface area contributed by atoms with E-state index < -0.39 is 16.4 Å². The lowest BCUT2D eigenvalue weighted by atomic mass is 9.70. The van der Waals surface area contributed by atoms with Gasteiger partial charge >= 0.3 is 0 Å². The van der Waals surface area contributed by atoms with Crippen molar-refractivity contribution in [2.24, 2.45) is 5.92 Å². The molecule has 0 aliphatic carbocycles. The van der Waals surface area contributed by atoms with Crippen LogP contribution < -0.4 is 5.32 Å². The summed E-state index contributed by atoms with van der Waals surface area (Å²) in [6.07, 6.45) is 0. The molecule has 0 aromatic heterocycles. The van der Waals surface area contributed by atoms with Crippen LogP contribution in [0.25, 0.3) is 0 Å². The summed E-state index contributed by atoms with van der Waals surface area (Å²) in [5.41, 5.74) is 1.66. The smallest absolute Gasteiger partial charge is 0.269 e. The Morgan fingerprint density at radius 3 is 2.38 bits per heavy atom. The molecule has 0 bridgehead atoms. The Morgan fingerprint density at radius 1 is 1.03 bits per heavy atom. The molecule has 0 unspecified atom stereocenters. The van der Waals surface area contributed by atoms with E-state index in [2.05, 4.69) is 5.32 Å². The molecule has 2 aliphatic rings. The van der Waals surface area contributed by atoms with Crippen LogP contribution in [0.15, 0.2) is 78.9 Å². The summed E-state index contributed by atoms with van der Waals surface area (Å²) in [6, 6.07) is 22.8. The zero-order valence-electron chi connectivity index (χ0n) is 17.4. The van der Waals surface area contributed by atoms with Gasteiger partial charge in [-0.05, 0) is 18.7 Å². The fourth-order valence-corrected chi connectivity index (χ4v) is 5.32. The van der Waals surface area contributed by atoms with E-state index in [1.807, 2.05) is 54.4 Å². The lowest BCUT2D eigenvalue weighted by Crippen LogP contribution is -2.51. The lowest BCUT2D eigenvalue weighted by Gasteiger charge is -2.35. The highest BCUT2D eigenvalue weighted by atomic mass is 16.6. The zero-order chi connectivity index (χ0) is 22.5. The van der Waals surface area contributed by atoms with E-state index in [-0.39, 0.29) is 23.3 Å². The number of nitrogens with one attached hydrogen (secondary N) is 1. The van der Waals surface area contributed by atoms with Crippen LogP contribution in [0, 0.1) is 16.0 Å². The van der Waals surface area contributed by atoms with Crippen molar-refractivity contribution >= 4 is 23.1 Å². The molecular formula is C25H21N3O4. The van der Waals surface area contributed by atoms with Crippen LogP contribution in [-0.2, 0) is 10.3 Å². The van der Waals surface area contributed by atoms with Gasteiger partial charge in [0.15, 0.2) is 5.78 Å². The van der Waals surface area contributed by atoms with E-state index in [9.17, 15) is 19.7 Å². The van der Waals surface area contributed by atoms with Crippen molar-refractivity contribution in [2.45, 2.75) is 11.5 Å². The number of hydrogen-bond donors (Lipinski definition) is 1. The lowest BCUT2D eigenvalue weighted by molar-refractivity contribution is -0.384. The standard InChI is InChI=1S/C25H21N3O4/c1-27-15-19(16-11-13-18(14-12-16)28(31)32)22(23(29)17-7-3-2-4-8-17)25(27)20-9-5-6-10-21(20)26-24(25)30/h2-14,19,22H,15H2,1H3,(H,26,30)/t19-,22+,25-/m1/s1. The van der Waals surface area contributed by atoms with Gasteiger partial charge in [0.25, 0.3) is 5.69 Å². The Hall–Kier alpha value is -3.84. The Morgan fingerprint density at radius 2 is 1.69 bits per heavy atom. The van der Waals surface area contributed by atoms with Crippen LogP contribution in [-0.4, -0.2) is 35.1 Å². The van der Waals surface area contributed by atoms with Crippen molar-refractivity contribution in [1.82, 2.24) is 4.90 Å². The molecule has 2 aliphatic heterocycles. The molecule has 160 valence electrons. The summed E-state index contributed by atoms with van der Waals surface area (Å²) < 4.78 is 0. The molecule has 3 aromatic carbocycles. The number of hydrogen-bond acceptors (Lipinski definition) is 5. The third-order valence-corrected chi connectivity index (χ3v) is 6.73. The Kier molecular flexibility index (Phi) is 4.64. The average Bonchev–Trinajstić information content (AvgIpc) is 3.29. The van der Waals surface area contributed by atoms with E-state index in [1.165, 1.54) is 12.1 Å². The first-order valence-electron chi connectivity index (χ1n) is 10.4. The summed E-state index contributed by atoms with van der Waals surface area (Å²) in [7, 11) is 1.86. The molecule has 0 saturated carbocycles. The van der Waals surface area contributed by atoms with Crippen molar-refractivity contribution in [3.63, 3.8) is 0 Å². The summed E-state index contributed by atoms with van der Waals surface area (Å²) >= 11 is 0. The molecule has 2 heterocycles. The van der Waals surface area contributed by atoms with Crippen LogP contribution in [0.4, 0.5) is 11.4 Å². The molecule has 1 fully saturated rings. The molecule has 0 radical (unpaired) electrons. The minimum atomic E-state index is -1.16. The molecule has 32 heavy (non-hydrogen) atoms. The molecule has 1 saturated heterocycles. The molecule has 7 heteroatoms. The van der Waals surface area contributed by atoms with Crippen molar-refractivity contribution in [3.8, 4) is 0 Å². The second-order valence-electron chi connectivity index (χ2n) is 8.31. The van der Waals surface area contributed by atoms with Crippen LogP contribution in [0.5, 0.6) is 0 Å². The number of amides is 1. The number of ketones is 1. The molecule has 1 spiro atoms. The third kappa shape index (κ3) is 2.78. The van der Waals surface area contributed by atoms with Crippen LogP contribution in [0.3, 0.4) is 0 Å². The van der Waals surface area contributed by atoms with Gasteiger partial charge < -0.3 is 5.32 Å². The van der Waals surface area contributed by atoms with E-state index in [0.29, 0.717) is 17.8 Å². The fraction of sp³-hybridized carbons (Fsp3) is 0.200. The highest BCUT2D eigenvalue weighted by molar-refractivity contribution is 6.12. The zero-order valence-corrected chi connectivity index (χ0v) is 17.4. The predicted octanol–water partition coefficient (Wildman–Crippen LogP) is 3.97. The van der Waals surface area contributed by atoms with Gasteiger partial charge in [-0.15, -0.1) is 0 Å². The topological polar surface area (TPSA) is 92.5 Å². The van der Waals surface area contributed by atoms with E-state index in [0.717, 1.165) is 11.1 Å². The van der Waals surface area contributed by atoms with E-state index in [1.54, 1.807) is 24.3 Å². The number of Topliss-reactive ketones (excluding diaryl/α,β-unsaturated/α-hetero) is 1. The summed E-state index contributed by atoms with van der Waals surface area (Å²) in [4.78, 5) is 40.1. The number of anilines is 1. The molecule has 1 amide bonds. The minimum absolute atomic E-state index is 0.00953. The third-order valence-electron chi connectivity index (χ3n) is 6.73. The second kappa shape index (κ2) is 7.39. The van der Waals surface area contributed by atoms with Crippen molar-refractivity contribution in [3.05, 3.63) is 106 Å². The first kappa shape index (κ1) is 20.1. The normalized spacial score (nSPS) is 24.3. The summed E-state index contributed by atoms with van der Waals surface area (Å²) in [5, 5.41) is 14.1. The fourth-order valence-electron chi connectivity index (χ4n) is 5.32. The molecule has 5 rings (SSSR count). The largest absolute Gasteiger partial charge is 0.324 e. The van der Waals surface area contributed by atoms with Gasteiger partial charge in [0.1, 0.15) is 5.54 Å². The highest BCUT2D eigenvalue weighted by Gasteiger charge is 2.64. The van der Waals surface area contributed by atoms with Crippen LogP contribution >= 0.6 is 0 Å². The van der Waals surface area contributed by atoms with Crippen molar-refractivity contribution in [1.29, 1.82) is 0 Å². The van der Waals surface area contributed by atoms with E-state index >= 15 is 0 Å². The number of nitrogens with zero attached hydrogens (tertiary/aromatic N) is 2. The number of benzene rings is 3. The maximum absolute atomic E-state index is 14.0. The van der Waals surface area contributed by atoms with Gasteiger partial charge in [-0.3, -0.25) is 24.6 Å². The molecule has 7 nitrogen and oxygen atoms in total. The molecule has 3 aromatic rings. The number of likely N-dealkylation sites (tertiary alicyclic amines) is 1. The van der Waals surface area contributed by atoms with Gasteiger partial charge in [0.2, 0.25) is 5.91 Å². The number of carbonyl (C=O) groups excluding carboxylic acids is 2. The van der Waals surface area contributed by atoms with Gasteiger partial charge in [-0.1, -0.05) is 60.7 Å². The summed E-state index contributed by atoms with van der Waals surface area (Å²) in [6.45, 7) is 0.461. The highest BCUT2D eigenvalue weighted by Crippen LogP contribution is 2.55. The second-order valence-corrected chi connectivity index (χ2v) is 8.31. The monoisotopic (exact) mass is 427 g/mol.